The molecule has 6 rings (SSSR count). The molecular formula is C26H28N8O2. The average molecular weight is 485 g/mol. The van der Waals surface area contributed by atoms with Crippen molar-refractivity contribution in [2.75, 3.05) is 43.6 Å². The van der Waals surface area contributed by atoms with E-state index in [1.807, 2.05) is 18.5 Å². The van der Waals surface area contributed by atoms with Crippen LogP contribution in [0.15, 0.2) is 48.9 Å². The van der Waals surface area contributed by atoms with E-state index in [1.165, 1.54) is 12.8 Å². The molecule has 1 saturated heterocycles. The first kappa shape index (κ1) is 22.4. The molecule has 4 heterocycles. The van der Waals surface area contributed by atoms with E-state index in [0.29, 0.717) is 30.7 Å². The van der Waals surface area contributed by atoms with Crippen molar-refractivity contribution in [3.05, 3.63) is 54.6 Å². The van der Waals surface area contributed by atoms with Gasteiger partial charge >= 0.3 is 0 Å². The number of hydrogen-bond acceptors (Lipinski definition) is 8. The molecule has 1 saturated carbocycles. The van der Waals surface area contributed by atoms with E-state index in [-0.39, 0.29) is 5.91 Å². The Hall–Kier alpha value is -4.05. The highest BCUT2D eigenvalue weighted by atomic mass is 16.5. The third kappa shape index (κ3) is 4.72. The first-order valence-corrected chi connectivity index (χ1v) is 12.3. The second-order valence-corrected chi connectivity index (χ2v) is 9.22. The fourth-order valence-electron chi connectivity index (χ4n) is 4.37. The average Bonchev–Trinajstić information content (AvgIpc) is 3.67. The molecule has 1 aromatic carbocycles. The summed E-state index contributed by atoms with van der Waals surface area (Å²) < 4.78 is 7.78. The van der Waals surface area contributed by atoms with Crippen molar-refractivity contribution in [1.82, 2.24) is 29.8 Å². The number of amides is 1. The molecule has 3 aromatic heterocycles. The highest BCUT2D eigenvalue weighted by Crippen LogP contribution is 2.33. The van der Waals surface area contributed by atoms with Crippen molar-refractivity contribution >= 4 is 34.4 Å². The zero-order chi connectivity index (χ0) is 24.5. The minimum Gasteiger partial charge on any atom is -0.378 e. The zero-order valence-corrected chi connectivity index (χ0v) is 20.1. The van der Waals surface area contributed by atoms with E-state index >= 15 is 0 Å². The first-order valence-electron chi connectivity index (χ1n) is 12.3. The maximum atomic E-state index is 11.8. The number of hydrogen-bond donors (Lipinski definition) is 2. The Morgan fingerprint density at radius 2 is 1.94 bits per heavy atom. The van der Waals surface area contributed by atoms with Crippen LogP contribution in [0.3, 0.4) is 0 Å². The highest BCUT2D eigenvalue weighted by Gasteiger charge is 2.23. The SMILES string of the molecule is CNC(=O)c1ccc(Nc2cc(-c3ccc4ncn(CC5CC5)c4c3)nc(N3CCOCC3)n2)cn1. The Bertz CT molecular complexity index is 1390. The third-order valence-corrected chi connectivity index (χ3v) is 6.57. The largest absolute Gasteiger partial charge is 0.378 e. The second kappa shape index (κ2) is 9.54. The quantitative estimate of drug-likeness (QED) is 0.411. The number of nitrogens with one attached hydrogen (secondary N) is 2. The summed E-state index contributed by atoms with van der Waals surface area (Å²) >= 11 is 0. The Morgan fingerprint density at radius 3 is 2.69 bits per heavy atom. The van der Waals surface area contributed by atoms with Crippen LogP contribution in [0, 0.1) is 5.92 Å². The molecule has 0 radical (unpaired) electrons. The molecule has 4 aromatic rings. The highest BCUT2D eigenvalue weighted by molar-refractivity contribution is 5.92. The fourth-order valence-corrected chi connectivity index (χ4v) is 4.37. The summed E-state index contributed by atoms with van der Waals surface area (Å²) in [5.41, 5.74) is 5.03. The molecule has 184 valence electrons. The summed E-state index contributed by atoms with van der Waals surface area (Å²) in [6.07, 6.45) is 6.15. The van der Waals surface area contributed by atoms with Gasteiger partial charge in [0, 0.05) is 38.3 Å². The number of aromatic nitrogens is 5. The lowest BCUT2D eigenvalue weighted by molar-refractivity contribution is 0.0958. The number of carbonyl (C=O) groups excluding carboxylic acids is 1. The number of pyridine rings is 1. The van der Waals surface area contributed by atoms with Gasteiger partial charge in [-0.2, -0.15) is 4.98 Å². The first-order chi connectivity index (χ1) is 17.7. The molecule has 0 bridgehead atoms. The van der Waals surface area contributed by atoms with Gasteiger partial charge in [-0.25, -0.2) is 15.0 Å². The van der Waals surface area contributed by atoms with Crippen molar-refractivity contribution < 1.29 is 9.53 Å². The van der Waals surface area contributed by atoms with Gasteiger partial charge in [0.05, 0.1) is 48.2 Å². The molecule has 1 aliphatic carbocycles. The number of nitrogens with zero attached hydrogens (tertiary/aromatic N) is 6. The molecule has 36 heavy (non-hydrogen) atoms. The topological polar surface area (TPSA) is 110 Å². The number of carbonyl (C=O) groups is 1. The summed E-state index contributed by atoms with van der Waals surface area (Å²) in [5, 5.41) is 5.92. The van der Waals surface area contributed by atoms with Crippen LogP contribution in [0.5, 0.6) is 0 Å². The van der Waals surface area contributed by atoms with E-state index in [1.54, 1.807) is 19.3 Å². The van der Waals surface area contributed by atoms with Crippen LogP contribution < -0.4 is 15.5 Å². The third-order valence-electron chi connectivity index (χ3n) is 6.57. The van der Waals surface area contributed by atoms with Crippen molar-refractivity contribution in [2.45, 2.75) is 19.4 Å². The summed E-state index contributed by atoms with van der Waals surface area (Å²) in [6.45, 7) is 3.77. The molecule has 1 amide bonds. The number of imidazole rings is 1. The molecule has 1 aliphatic heterocycles. The van der Waals surface area contributed by atoms with Gasteiger partial charge < -0.3 is 24.8 Å². The van der Waals surface area contributed by atoms with Crippen LogP contribution >= 0.6 is 0 Å². The summed E-state index contributed by atoms with van der Waals surface area (Å²) in [7, 11) is 1.59. The molecule has 2 aliphatic rings. The fraction of sp³-hybridized carbons (Fsp3) is 0.346. The minimum atomic E-state index is -0.225. The monoisotopic (exact) mass is 484 g/mol. The molecule has 2 fully saturated rings. The van der Waals surface area contributed by atoms with Gasteiger partial charge in [-0.1, -0.05) is 6.07 Å². The summed E-state index contributed by atoms with van der Waals surface area (Å²) in [4.78, 5) is 32.5. The normalized spacial score (nSPS) is 15.8. The lowest BCUT2D eigenvalue weighted by atomic mass is 10.1. The van der Waals surface area contributed by atoms with Crippen LogP contribution in [-0.4, -0.2) is 63.8 Å². The molecule has 10 heteroatoms. The van der Waals surface area contributed by atoms with E-state index < -0.39 is 0 Å². The van der Waals surface area contributed by atoms with Crippen LogP contribution in [0.1, 0.15) is 23.3 Å². The molecule has 10 nitrogen and oxygen atoms in total. The number of ether oxygens (including phenoxy) is 1. The minimum absolute atomic E-state index is 0.225. The van der Waals surface area contributed by atoms with E-state index in [0.717, 1.165) is 53.5 Å². The molecular weight excluding hydrogens is 456 g/mol. The van der Waals surface area contributed by atoms with Crippen molar-refractivity contribution in [2.24, 2.45) is 5.92 Å². The van der Waals surface area contributed by atoms with E-state index in [2.05, 4.69) is 48.3 Å². The molecule has 2 N–H and O–H groups in total. The van der Waals surface area contributed by atoms with Crippen molar-refractivity contribution in [3.8, 4) is 11.3 Å². The van der Waals surface area contributed by atoms with Gasteiger partial charge in [0.2, 0.25) is 5.95 Å². The predicted octanol–water partition coefficient (Wildman–Crippen LogP) is 3.24. The van der Waals surface area contributed by atoms with Gasteiger partial charge in [0.15, 0.2) is 0 Å². The molecule has 0 atom stereocenters. The second-order valence-electron chi connectivity index (χ2n) is 9.22. The van der Waals surface area contributed by atoms with E-state index in [4.69, 9.17) is 14.7 Å². The maximum absolute atomic E-state index is 11.8. The number of rotatable bonds is 7. The Balaban J connectivity index is 1.35. The lowest BCUT2D eigenvalue weighted by Crippen LogP contribution is -2.37. The van der Waals surface area contributed by atoms with Gasteiger partial charge in [-0.05, 0) is 43.0 Å². The molecule has 0 unspecified atom stereocenters. The number of anilines is 3. The molecule has 0 spiro atoms. The zero-order valence-electron chi connectivity index (χ0n) is 20.1. The van der Waals surface area contributed by atoms with Crippen LogP contribution in [0.25, 0.3) is 22.3 Å². The van der Waals surface area contributed by atoms with Crippen molar-refractivity contribution in [3.63, 3.8) is 0 Å². The van der Waals surface area contributed by atoms with E-state index in [9.17, 15) is 4.79 Å². The number of fused-ring (bicyclic) bond motifs is 1. The Kier molecular flexibility index (Phi) is 5.94. The summed E-state index contributed by atoms with van der Waals surface area (Å²) in [6, 6.07) is 11.7. The lowest BCUT2D eigenvalue weighted by Gasteiger charge is -2.27. The number of benzene rings is 1. The van der Waals surface area contributed by atoms with Crippen LogP contribution in [0.4, 0.5) is 17.5 Å². The van der Waals surface area contributed by atoms with Gasteiger partial charge in [-0.3, -0.25) is 4.79 Å². The van der Waals surface area contributed by atoms with Gasteiger partial charge in [0.25, 0.3) is 5.91 Å². The number of morpholine rings is 1. The Labute approximate surface area is 208 Å². The Morgan fingerprint density at radius 1 is 1.08 bits per heavy atom. The van der Waals surface area contributed by atoms with Gasteiger partial charge in [0.1, 0.15) is 11.5 Å². The van der Waals surface area contributed by atoms with Gasteiger partial charge in [-0.15, -0.1) is 0 Å². The summed E-state index contributed by atoms with van der Waals surface area (Å²) in [5.74, 6) is 1.84. The van der Waals surface area contributed by atoms with Crippen LogP contribution in [-0.2, 0) is 11.3 Å². The standard InChI is InChI=1S/C26H28N8O2/c1-27-25(35)21-7-5-19(14-28-21)30-24-13-22(31-26(32-24)33-8-10-36-11-9-33)18-4-6-20-23(12-18)34(16-29-20)15-17-2-3-17/h4-7,12-14,16-17H,2-3,8-11,15H2,1H3,(H,27,35)(H,30,31,32). The van der Waals surface area contributed by atoms with Crippen LogP contribution in [0.2, 0.25) is 0 Å². The smallest absolute Gasteiger partial charge is 0.269 e. The predicted molar refractivity (Wildman–Crippen MR) is 137 cm³/mol. The maximum Gasteiger partial charge on any atom is 0.269 e. The van der Waals surface area contributed by atoms with Crippen molar-refractivity contribution in [1.29, 1.82) is 0 Å².